The highest BCUT2D eigenvalue weighted by Crippen LogP contribution is 2.23. The summed E-state index contributed by atoms with van der Waals surface area (Å²) in [6.45, 7) is 1.64. The second-order valence-electron chi connectivity index (χ2n) is 3.89. The van der Waals surface area contributed by atoms with Crippen LogP contribution < -0.4 is 0 Å². The molecule has 0 spiro atoms. The van der Waals surface area contributed by atoms with Crippen molar-refractivity contribution in [1.82, 2.24) is 5.06 Å². The zero-order valence-corrected chi connectivity index (χ0v) is 10.2. The molecule has 19 heavy (non-hydrogen) atoms. The topological polar surface area (TPSA) is 72.9 Å². The van der Waals surface area contributed by atoms with Crippen LogP contribution in [-0.4, -0.2) is 37.0 Å². The Bertz CT molecular complexity index is 510. The third-order valence-electron chi connectivity index (χ3n) is 2.74. The van der Waals surface area contributed by atoms with Crippen molar-refractivity contribution in [3.63, 3.8) is 0 Å². The molecule has 0 N–H and O–H groups in total. The predicted molar refractivity (Wildman–Crippen MR) is 64.0 cm³/mol. The van der Waals surface area contributed by atoms with E-state index in [9.17, 15) is 14.4 Å². The Morgan fingerprint density at radius 1 is 1.26 bits per heavy atom. The van der Waals surface area contributed by atoms with E-state index in [-0.39, 0.29) is 17.5 Å². The van der Waals surface area contributed by atoms with E-state index in [0.717, 1.165) is 0 Å². The quantitative estimate of drug-likeness (QED) is 0.585. The van der Waals surface area contributed by atoms with Gasteiger partial charge in [-0.25, -0.2) is 4.84 Å². The molecule has 1 aliphatic heterocycles. The van der Waals surface area contributed by atoms with E-state index in [1.165, 1.54) is 12.1 Å². The highest BCUT2D eigenvalue weighted by Gasteiger charge is 2.39. The van der Waals surface area contributed by atoms with Crippen LogP contribution in [0.1, 0.15) is 34.1 Å². The van der Waals surface area contributed by atoms with E-state index in [1.54, 1.807) is 19.1 Å². The van der Waals surface area contributed by atoms with E-state index in [2.05, 4.69) is 4.65 Å². The first kappa shape index (κ1) is 13.3. The monoisotopic (exact) mass is 259 g/mol. The van der Waals surface area contributed by atoms with Gasteiger partial charge in [-0.2, -0.15) is 0 Å². The van der Waals surface area contributed by atoms with Gasteiger partial charge in [-0.1, -0.05) is 19.1 Å². The molecule has 1 atom stereocenters. The number of carbonyl (C=O) groups excluding carboxylic acids is 3. The Morgan fingerprint density at radius 3 is 2.21 bits per heavy atom. The molecule has 0 aromatic heterocycles. The van der Waals surface area contributed by atoms with Crippen molar-refractivity contribution >= 4 is 25.8 Å². The normalized spacial score (nSPS) is 15.3. The van der Waals surface area contributed by atoms with E-state index >= 15 is 0 Å². The van der Waals surface area contributed by atoms with Crippen molar-refractivity contribution < 1.29 is 23.9 Å². The number of benzene rings is 1. The molecular formula is C12H10BNO5. The van der Waals surface area contributed by atoms with E-state index < -0.39 is 23.9 Å². The first-order valence-corrected chi connectivity index (χ1v) is 5.65. The standard InChI is InChI=1S/C12H10BNO5/c1-2-9(12(17)18-13)19-14-10(15)7-5-3-4-6-8(7)11(14)16/h3-6,9H,2H2,1H3/t9-/m0/s1. The minimum Gasteiger partial charge on any atom is -0.541 e. The molecule has 2 rings (SSSR count). The van der Waals surface area contributed by atoms with Gasteiger partial charge < -0.3 is 4.65 Å². The lowest BCUT2D eigenvalue weighted by Crippen LogP contribution is -2.38. The van der Waals surface area contributed by atoms with Gasteiger partial charge in [-0.05, 0) is 18.6 Å². The van der Waals surface area contributed by atoms with Gasteiger partial charge in [0.1, 0.15) is 0 Å². The predicted octanol–water partition coefficient (Wildman–Crippen LogP) is 0.619. The highest BCUT2D eigenvalue weighted by molar-refractivity contribution is 6.20. The number of nitrogens with zero attached hydrogens (tertiary/aromatic N) is 1. The van der Waals surface area contributed by atoms with Crippen LogP contribution in [0.25, 0.3) is 0 Å². The van der Waals surface area contributed by atoms with Crippen LogP contribution >= 0.6 is 0 Å². The molecule has 0 aliphatic carbocycles. The number of hydrogen-bond donors (Lipinski definition) is 0. The highest BCUT2D eigenvalue weighted by atomic mass is 16.7. The molecule has 96 valence electrons. The fourth-order valence-electron chi connectivity index (χ4n) is 1.75. The maximum absolute atomic E-state index is 12.0. The molecule has 6 nitrogen and oxygen atoms in total. The molecular weight excluding hydrogens is 249 g/mol. The Hall–Kier alpha value is -2.15. The summed E-state index contributed by atoms with van der Waals surface area (Å²) in [5.74, 6) is -2.06. The maximum Gasteiger partial charge on any atom is 0.378 e. The van der Waals surface area contributed by atoms with Gasteiger partial charge in [0.05, 0.1) is 11.1 Å². The Morgan fingerprint density at radius 2 is 1.79 bits per heavy atom. The molecule has 1 aromatic rings. The number of carbonyl (C=O) groups is 3. The number of hydroxylamine groups is 2. The molecule has 0 saturated carbocycles. The van der Waals surface area contributed by atoms with Crippen LogP contribution in [0.5, 0.6) is 0 Å². The van der Waals surface area contributed by atoms with Crippen molar-refractivity contribution in [3.8, 4) is 0 Å². The smallest absolute Gasteiger partial charge is 0.378 e. The second-order valence-corrected chi connectivity index (χ2v) is 3.89. The van der Waals surface area contributed by atoms with Crippen LogP contribution in [0, 0.1) is 0 Å². The maximum atomic E-state index is 12.0. The van der Waals surface area contributed by atoms with Gasteiger partial charge in [0, 0.05) is 0 Å². The van der Waals surface area contributed by atoms with Crippen molar-refractivity contribution in [2.24, 2.45) is 0 Å². The van der Waals surface area contributed by atoms with Gasteiger partial charge in [0.2, 0.25) is 0 Å². The van der Waals surface area contributed by atoms with Crippen LogP contribution in [0.3, 0.4) is 0 Å². The number of hydrogen-bond acceptors (Lipinski definition) is 5. The lowest BCUT2D eigenvalue weighted by Gasteiger charge is -2.19. The molecule has 2 radical (unpaired) electrons. The Balaban J connectivity index is 2.22. The van der Waals surface area contributed by atoms with Crippen LogP contribution in [-0.2, 0) is 14.3 Å². The minimum atomic E-state index is -1.10. The lowest BCUT2D eigenvalue weighted by molar-refractivity contribution is -0.172. The summed E-state index contributed by atoms with van der Waals surface area (Å²) in [4.78, 5) is 40.3. The van der Waals surface area contributed by atoms with Gasteiger partial charge >= 0.3 is 14.0 Å². The zero-order chi connectivity index (χ0) is 14.0. The van der Waals surface area contributed by atoms with E-state index in [0.29, 0.717) is 5.06 Å². The number of fused-ring (bicyclic) bond motifs is 1. The van der Waals surface area contributed by atoms with Crippen molar-refractivity contribution in [2.45, 2.75) is 19.4 Å². The van der Waals surface area contributed by atoms with Gasteiger partial charge in [-0.3, -0.25) is 14.4 Å². The lowest BCUT2D eigenvalue weighted by atomic mass is 10.1. The third-order valence-corrected chi connectivity index (χ3v) is 2.74. The zero-order valence-electron chi connectivity index (χ0n) is 10.2. The summed E-state index contributed by atoms with van der Waals surface area (Å²) in [7, 11) is 4.76. The average molecular weight is 259 g/mol. The van der Waals surface area contributed by atoms with Crippen LogP contribution in [0.15, 0.2) is 24.3 Å². The van der Waals surface area contributed by atoms with Crippen molar-refractivity contribution in [3.05, 3.63) is 35.4 Å². The van der Waals surface area contributed by atoms with Crippen LogP contribution in [0.4, 0.5) is 0 Å². The molecule has 0 fully saturated rings. The third kappa shape index (κ3) is 2.24. The molecule has 1 aromatic carbocycles. The fraction of sp³-hybridized carbons (Fsp3) is 0.250. The first-order valence-electron chi connectivity index (χ1n) is 5.65. The number of rotatable bonds is 4. The summed E-state index contributed by atoms with van der Waals surface area (Å²) < 4.78 is 4.05. The summed E-state index contributed by atoms with van der Waals surface area (Å²) in [6.07, 6.45) is -0.893. The van der Waals surface area contributed by atoms with E-state index in [4.69, 9.17) is 12.9 Å². The number of imide groups is 1. The molecule has 0 bridgehead atoms. The molecule has 0 saturated heterocycles. The van der Waals surface area contributed by atoms with Gasteiger partial charge in [-0.15, -0.1) is 5.06 Å². The summed E-state index contributed by atoms with van der Waals surface area (Å²) in [5.41, 5.74) is 0.479. The van der Waals surface area contributed by atoms with Gasteiger partial charge in [0.15, 0.2) is 6.10 Å². The first-order chi connectivity index (χ1) is 9.10. The largest absolute Gasteiger partial charge is 0.541 e. The molecule has 0 unspecified atom stereocenters. The van der Waals surface area contributed by atoms with Crippen LogP contribution in [0.2, 0.25) is 0 Å². The minimum absolute atomic E-state index is 0.212. The fourth-order valence-corrected chi connectivity index (χ4v) is 1.75. The Labute approximate surface area is 110 Å². The Kier molecular flexibility index (Phi) is 3.66. The SMILES string of the molecule is [B]OC(=O)[C@H](CC)ON1C(=O)c2ccccc2C1=O. The summed E-state index contributed by atoms with van der Waals surface area (Å²) in [6, 6.07) is 6.31. The van der Waals surface area contributed by atoms with Gasteiger partial charge in [0.25, 0.3) is 11.8 Å². The second kappa shape index (κ2) is 5.23. The summed E-state index contributed by atoms with van der Waals surface area (Å²) in [5, 5.41) is 0.565. The molecule has 7 heteroatoms. The molecule has 1 heterocycles. The van der Waals surface area contributed by atoms with Crippen molar-refractivity contribution in [2.75, 3.05) is 0 Å². The van der Waals surface area contributed by atoms with Crippen molar-refractivity contribution in [1.29, 1.82) is 0 Å². The molecule has 2 amide bonds. The summed E-state index contributed by atoms with van der Waals surface area (Å²) >= 11 is 0. The molecule has 1 aliphatic rings. The number of amides is 2. The van der Waals surface area contributed by atoms with E-state index in [1.807, 2.05) is 0 Å². The average Bonchev–Trinajstić information content (AvgIpc) is 2.68.